The maximum Gasteiger partial charge on any atom is 0.262 e. The van der Waals surface area contributed by atoms with E-state index in [1.807, 2.05) is 12.1 Å². The molecule has 0 saturated carbocycles. The molecule has 3 N–H and O–H groups in total. The molecule has 0 aliphatic carbocycles. The molecule has 0 radical (unpaired) electrons. The fourth-order valence-corrected chi connectivity index (χ4v) is 5.36. The van der Waals surface area contributed by atoms with Gasteiger partial charge in [0.05, 0.1) is 11.1 Å². The SMILES string of the molecule is O=C1CCC(N2C(=O)c3cccc(CN[C@@H]4CCNCC[C@@H]4c4ccccc4)c3C2=O)C(=O)N1. The van der Waals surface area contributed by atoms with Gasteiger partial charge < -0.3 is 10.6 Å². The maximum absolute atomic E-state index is 13.3. The highest BCUT2D eigenvalue weighted by Crippen LogP contribution is 2.31. The summed E-state index contributed by atoms with van der Waals surface area (Å²) in [6.45, 7) is 2.31. The number of rotatable bonds is 5. The molecule has 8 nitrogen and oxygen atoms in total. The molecule has 2 saturated heterocycles. The van der Waals surface area contributed by atoms with Crippen LogP contribution in [0.4, 0.5) is 0 Å². The molecule has 3 atom stereocenters. The summed E-state index contributed by atoms with van der Waals surface area (Å²) in [5.41, 5.74) is 2.70. The second-order valence-corrected chi connectivity index (χ2v) is 9.12. The highest BCUT2D eigenvalue weighted by atomic mass is 16.2. The lowest BCUT2D eigenvalue weighted by Gasteiger charge is -2.28. The summed E-state index contributed by atoms with van der Waals surface area (Å²) < 4.78 is 0. The highest BCUT2D eigenvalue weighted by Gasteiger charge is 2.45. The van der Waals surface area contributed by atoms with Crippen molar-refractivity contribution in [3.8, 4) is 0 Å². The van der Waals surface area contributed by atoms with Crippen molar-refractivity contribution in [2.24, 2.45) is 0 Å². The number of nitrogens with zero attached hydrogens (tertiary/aromatic N) is 1. The van der Waals surface area contributed by atoms with Crippen molar-refractivity contribution in [1.29, 1.82) is 0 Å². The Morgan fingerprint density at radius 3 is 2.47 bits per heavy atom. The van der Waals surface area contributed by atoms with E-state index in [1.165, 1.54) is 5.56 Å². The lowest BCUT2D eigenvalue weighted by molar-refractivity contribution is -0.136. The quantitative estimate of drug-likeness (QED) is 0.587. The van der Waals surface area contributed by atoms with E-state index in [-0.39, 0.29) is 24.8 Å². The molecular weight excluding hydrogens is 432 g/mol. The summed E-state index contributed by atoms with van der Waals surface area (Å²) in [5, 5.41) is 9.37. The van der Waals surface area contributed by atoms with Crippen molar-refractivity contribution in [1.82, 2.24) is 20.9 Å². The van der Waals surface area contributed by atoms with E-state index in [4.69, 9.17) is 0 Å². The molecule has 34 heavy (non-hydrogen) atoms. The van der Waals surface area contributed by atoms with Crippen LogP contribution in [0.2, 0.25) is 0 Å². The Bertz CT molecular complexity index is 1130. The van der Waals surface area contributed by atoms with Crippen LogP contribution in [0.5, 0.6) is 0 Å². The number of nitrogens with one attached hydrogen (secondary N) is 3. The minimum Gasteiger partial charge on any atom is -0.317 e. The maximum atomic E-state index is 13.3. The van der Waals surface area contributed by atoms with Gasteiger partial charge in [-0.05, 0) is 49.5 Å². The van der Waals surface area contributed by atoms with E-state index >= 15 is 0 Å². The average Bonchev–Trinajstić information content (AvgIpc) is 2.99. The molecule has 176 valence electrons. The van der Waals surface area contributed by atoms with Crippen molar-refractivity contribution >= 4 is 23.6 Å². The van der Waals surface area contributed by atoms with E-state index in [9.17, 15) is 19.2 Å². The summed E-state index contributed by atoms with van der Waals surface area (Å²) in [5.74, 6) is -1.58. The number of amides is 4. The number of benzene rings is 2. The molecule has 0 bridgehead atoms. The molecule has 2 aromatic rings. The molecule has 3 aliphatic heterocycles. The molecule has 3 aliphatic rings. The molecule has 4 amide bonds. The average molecular weight is 461 g/mol. The molecular formula is C26H28N4O4. The van der Waals surface area contributed by atoms with Crippen LogP contribution >= 0.6 is 0 Å². The molecule has 2 aromatic carbocycles. The van der Waals surface area contributed by atoms with Crippen molar-refractivity contribution in [3.05, 3.63) is 70.8 Å². The smallest absolute Gasteiger partial charge is 0.262 e. The molecule has 0 aromatic heterocycles. The van der Waals surface area contributed by atoms with E-state index in [0.717, 1.165) is 36.4 Å². The highest BCUT2D eigenvalue weighted by molar-refractivity contribution is 6.24. The molecule has 8 heteroatoms. The third-order valence-electron chi connectivity index (χ3n) is 7.09. The molecule has 2 fully saturated rings. The van der Waals surface area contributed by atoms with Gasteiger partial charge in [0.1, 0.15) is 6.04 Å². The summed E-state index contributed by atoms with van der Waals surface area (Å²) >= 11 is 0. The lowest BCUT2D eigenvalue weighted by atomic mass is 9.87. The molecule has 0 spiro atoms. The van der Waals surface area contributed by atoms with Gasteiger partial charge in [-0.25, -0.2) is 0 Å². The number of carbonyl (C=O) groups is 4. The topological polar surface area (TPSA) is 108 Å². The molecule has 3 heterocycles. The van der Waals surface area contributed by atoms with Gasteiger partial charge in [-0.3, -0.25) is 29.4 Å². The first-order valence-electron chi connectivity index (χ1n) is 11.9. The Balaban J connectivity index is 1.37. The third-order valence-corrected chi connectivity index (χ3v) is 7.09. The first-order chi connectivity index (χ1) is 16.5. The van der Waals surface area contributed by atoms with Crippen LogP contribution in [0.3, 0.4) is 0 Å². The number of piperidine rings is 1. The fourth-order valence-electron chi connectivity index (χ4n) is 5.36. The van der Waals surface area contributed by atoms with Gasteiger partial charge in [-0.15, -0.1) is 0 Å². The van der Waals surface area contributed by atoms with E-state index in [2.05, 4.69) is 40.2 Å². The first kappa shape index (κ1) is 22.4. The van der Waals surface area contributed by atoms with Crippen LogP contribution in [-0.4, -0.2) is 53.7 Å². The van der Waals surface area contributed by atoms with Gasteiger partial charge >= 0.3 is 0 Å². The Hall–Kier alpha value is -3.36. The standard InChI is InChI=1S/C26H28N4O4/c31-22-10-9-21(24(32)29-22)30-25(33)19-8-4-7-17(23(19)26(30)34)15-28-20-12-14-27-13-11-18(20)16-5-2-1-3-6-16/h1-8,18,20-21,27-28H,9-15H2,(H,29,31,32)/t18-,20-,21?/m1/s1. The van der Waals surface area contributed by atoms with Crippen LogP contribution in [0.25, 0.3) is 0 Å². The number of imide groups is 2. The summed E-state index contributed by atoms with van der Waals surface area (Å²) in [6, 6.07) is 15.0. The summed E-state index contributed by atoms with van der Waals surface area (Å²) in [6.07, 6.45) is 2.21. The Morgan fingerprint density at radius 1 is 0.882 bits per heavy atom. The second kappa shape index (κ2) is 9.48. The second-order valence-electron chi connectivity index (χ2n) is 9.12. The van der Waals surface area contributed by atoms with Crippen molar-refractivity contribution in [3.63, 3.8) is 0 Å². The molecule has 5 rings (SSSR count). The normalized spacial score (nSPS) is 25.2. The zero-order valence-electron chi connectivity index (χ0n) is 18.9. The predicted molar refractivity (Wildman–Crippen MR) is 125 cm³/mol. The Kier molecular flexibility index (Phi) is 6.26. The zero-order chi connectivity index (χ0) is 23.7. The van der Waals surface area contributed by atoms with Crippen molar-refractivity contribution < 1.29 is 19.2 Å². The Morgan fingerprint density at radius 2 is 1.68 bits per heavy atom. The van der Waals surface area contributed by atoms with Gasteiger partial charge in [0.15, 0.2) is 0 Å². The van der Waals surface area contributed by atoms with Crippen LogP contribution < -0.4 is 16.0 Å². The third kappa shape index (κ3) is 4.15. The number of hydrogen-bond donors (Lipinski definition) is 3. The van der Waals surface area contributed by atoms with Crippen LogP contribution in [0, 0.1) is 0 Å². The van der Waals surface area contributed by atoms with E-state index in [0.29, 0.717) is 23.6 Å². The van der Waals surface area contributed by atoms with Crippen LogP contribution in [0.15, 0.2) is 48.5 Å². The minimum atomic E-state index is -0.957. The predicted octanol–water partition coefficient (Wildman–Crippen LogP) is 1.71. The fraction of sp³-hybridized carbons (Fsp3) is 0.385. The van der Waals surface area contributed by atoms with E-state index in [1.54, 1.807) is 12.1 Å². The number of carbonyl (C=O) groups excluding carboxylic acids is 4. The minimum absolute atomic E-state index is 0.106. The van der Waals surface area contributed by atoms with Crippen molar-refractivity contribution in [2.45, 2.75) is 50.2 Å². The zero-order valence-corrected chi connectivity index (χ0v) is 18.9. The van der Waals surface area contributed by atoms with Gasteiger partial charge in [0.25, 0.3) is 11.8 Å². The largest absolute Gasteiger partial charge is 0.317 e. The van der Waals surface area contributed by atoms with Crippen LogP contribution in [0.1, 0.15) is 63.4 Å². The van der Waals surface area contributed by atoms with Crippen LogP contribution in [-0.2, 0) is 16.1 Å². The first-order valence-corrected chi connectivity index (χ1v) is 11.9. The summed E-state index contributed by atoms with van der Waals surface area (Å²) in [7, 11) is 0. The van der Waals surface area contributed by atoms with Crippen molar-refractivity contribution in [2.75, 3.05) is 13.1 Å². The van der Waals surface area contributed by atoms with Gasteiger partial charge in [0, 0.05) is 24.9 Å². The van der Waals surface area contributed by atoms with E-state index < -0.39 is 23.8 Å². The number of fused-ring (bicyclic) bond motifs is 1. The van der Waals surface area contributed by atoms with Gasteiger partial charge in [-0.2, -0.15) is 0 Å². The molecule has 1 unspecified atom stereocenters. The van der Waals surface area contributed by atoms with Gasteiger partial charge in [-0.1, -0.05) is 42.5 Å². The number of hydrogen-bond acceptors (Lipinski definition) is 6. The lowest BCUT2D eigenvalue weighted by Crippen LogP contribution is -2.54. The van der Waals surface area contributed by atoms with Gasteiger partial charge in [0.2, 0.25) is 11.8 Å². The Labute approximate surface area is 198 Å². The monoisotopic (exact) mass is 460 g/mol. The summed E-state index contributed by atoms with van der Waals surface area (Å²) in [4.78, 5) is 51.3.